The normalized spacial score (nSPS) is 13.0. The largest absolute Gasteiger partial charge is 0.494 e. The summed E-state index contributed by atoms with van der Waals surface area (Å²) in [5, 5.41) is -0.217. The van der Waals surface area contributed by atoms with Crippen LogP contribution in [0.2, 0.25) is 0 Å². The molecule has 5 aromatic carbocycles. The molecule has 12 N–H and O–H groups in total. The van der Waals surface area contributed by atoms with Crippen LogP contribution in [0.3, 0.4) is 0 Å². The van der Waals surface area contributed by atoms with Crippen molar-refractivity contribution < 1.29 is 110 Å². The van der Waals surface area contributed by atoms with Gasteiger partial charge in [0.1, 0.15) is 37.0 Å². The number of carbonyl (C=O) groups excluding carboxylic acids is 4. The predicted molar refractivity (Wildman–Crippen MR) is 572 cm³/mol. The molecule has 57 heteroatoms. The Hall–Kier alpha value is -10.7. The molecular formula is C92H122BrF3N20O25P4S4. The Balaban J connectivity index is 0.000000267. The van der Waals surface area contributed by atoms with E-state index in [1.807, 2.05) is 64.1 Å². The van der Waals surface area contributed by atoms with Crippen LogP contribution in [0.1, 0.15) is 113 Å². The van der Waals surface area contributed by atoms with E-state index < -0.39 is 81.8 Å². The van der Waals surface area contributed by atoms with Gasteiger partial charge in [0.05, 0.1) is 112 Å². The van der Waals surface area contributed by atoms with Gasteiger partial charge in [0.2, 0.25) is 28.9 Å². The van der Waals surface area contributed by atoms with Gasteiger partial charge in [0, 0.05) is 78.0 Å². The lowest BCUT2D eigenvalue weighted by molar-refractivity contribution is -0.117. The molecule has 0 fully saturated rings. The van der Waals surface area contributed by atoms with E-state index in [4.69, 9.17) is 82.8 Å². The van der Waals surface area contributed by atoms with Crippen molar-refractivity contribution in [3.05, 3.63) is 236 Å². The number of nitrogens with one attached hydrogen (secondary N) is 4. The molecule has 0 aliphatic carbocycles. The van der Waals surface area contributed by atoms with Crippen molar-refractivity contribution in [2.45, 2.75) is 137 Å². The molecule has 149 heavy (non-hydrogen) atoms. The molecule has 0 amide bonds. The summed E-state index contributed by atoms with van der Waals surface area (Å²) in [7, 11) is -13.6. The first-order valence-corrected chi connectivity index (χ1v) is 56.1. The minimum absolute atomic E-state index is 0. The number of carbonyl (C=O) groups is 4. The number of anilines is 4. The van der Waals surface area contributed by atoms with Crippen molar-refractivity contribution >= 4 is 182 Å². The number of benzene rings is 5. The highest BCUT2D eigenvalue weighted by molar-refractivity contribution is 9.10. The minimum atomic E-state index is -3.81. The molecule has 0 saturated heterocycles. The van der Waals surface area contributed by atoms with E-state index in [0.29, 0.717) is 74.0 Å². The lowest BCUT2D eigenvalue weighted by atomic mass is 10.00. The van der Waals surface area contributed by atoms with Gasteiger partial charge < -0.3 is 101 Å². The number of hydrogen-bond donors (Lipinski definition) is 8. The monoisotopic (exact) mass is 2290 g/mol. The molecule has 4 atom stereocenters. The number of aromatic amines is 4. The van der Waals surface area contributed by atoms with Gasteiger partial charge in [-0.15, -0.1) is 0 Å². The molecule has 13 rings (SSSR count). The molecule has 8 aromatic heterocycles. The molecule has 8 heterocycles. The number of nitrogens with zero attached hydrogens (tertiary/aromatic N) is 12. The maximum Gasteiger partial charge on any atom is 0.356 e. The highest BCUT2D eigenvalue weighted by Crippen LogP contribution is 2.53. The number of fused-ring (bicyclic) bond motifs is 4. The Morgan fingerprint density at radius 1 is 0.423 bits per heavy atom. The smallest absolute Gasteiger partial charge is 0.356 e. The fourth-order valence-electron chi connectivity index (χ4n) is 12.3. The molecular weight excluding hydrogens is 2170 g/mol. The van der Waals surface area contributed by atoms with E-state index in [9.17, 15) is 69.8 Å². The second-order valence-electron chi connectivity index (χ2n) is 32.3. The van der Waals surface area contributed by atoms with Crippen LogP contribution in [0.15, 0.2) is 152 Å². The van der Waals surface area contributed by atoms with Crippen molar-refractivity contribution in [2.75, 3.05) is 131 Å². The van der Waals surface area contributed by atoms with E-state index >= 15 is 0 Å². The number of aryl methyl sites for hydroxylation is 3. The van der Waals surface area contributed by atoms with Crippen LogP contribution in [0.25, 0.3) is 44.7 Å². The zero-order valence-corrected chi connectivity index (χ0v) is 89.0. The van der Waals surface area contributed by atoms with Gasteiger partial charge in [-0.2, -0.15) is 19.9 Å². The van der Waals surface area contributed by atoms with Crippen molar-refractivity contribution in [3.63, 3.8) is 0 Å². The average Bonchev–Trinajstić information content (AvgIpc) is 1.67. The number of nitrogens with two attached hydrogens (primary N) is 4. The molecule has 4 unspecified atom stereocenters. The molecule has 13 aromatic rings. The van der Waals surface area contributed by atoms with E-state index in [1.54, 1.807) is 81.5 Å². The van der Waals surface area contributed by atoms with E-state index in [2.05, 4.69) is 75.7 Å². The molecule has 0 saturated carbocycles. The van der Waals surface area contributed by atoms with Crippen LogP contribution in [-0.2, 0) is 140 Å². The summed E-state index contributed by atoms with van der Waals surface area (Å²) in [6.07, 6.45) is 4.68. The summed E-state index contributed by atoms with van der Waals surface area (Å²) >= 11 is 7.68. The second kappa shape index (κ2) is 60.5. The van der Waals surface area contributed by atoms with Gasteiger partial charge in [0.25, 0.3) is 22.2 Å². The maximum atomic E-state index is 14.1. The summed E-state index contributed by atoms with van der Waals surface area (Å²) in [6, 6.07) is 28.1. The summed E-state index contributed by atoms with van der Waals surface area (Å²) in [4.78, 5) is 137. The summed E-state index contributed by atoms with van der Waals surface area (Å²) in [5.41, 5.74) is 26.7. The third kappa shape index (κ3) is 40.1. The molecule has 0 aliphatic heterocycles. The van der Waals surface area contributed by atoms with Crippen LogP contribution in [0.5, 0.6) is 5.75 Å². The van der Waals surface area contributed by atoms with Crippen LogP contribution in [-0.4, -0.2) is 207 Å². The zero-order valence-electron chi connectivity index (χ0n) is 80.6. The molecule has 0 aliphatic rings. The van der Waals surface area contributed by atoms with Crippen LogP contribution in [0.4, 0.5) is 37.0 Å². The standard InChI is InChI=1S/C25H27BrN5O6PS.C23H31FN5O7PS.C21H27FN5O6PS.C20H25FN5O6PS.3CH4/c1-17-5-7-19(8-6-17)24(33)39-12-11-36-38(34,37-14-18-3-2-4-20(26)13-18)16-35-10-9-31-15-28-21-22(31)29-25(27)30-23(21)32;1-23(2,3)21(31)38-10-9-35-37(32,36-12-15-5-6-17(33-4)16(24)11-15)14-34-8-7-29-13-26-18-19(29)27-22(25)28-20(18)30;1-3-17(28)35-9-8-32-34(30,33-11-15-5-4-14(2)16(22)10-15)13-31-7-6-27-12-24-18-19(27)25-21(23)26-20(18)29;1-13-3-4-15(9-16(13)21)10-32-33(29,31-7-8-34-14(2)27)12-30-6-5-26-11-23-17-18(26)24-20(22)25-19(17)28;;;/h2-8,13,15H,9-12,14,16H2,1H3,(H3,27,29,30,32);5-6,11,13H,7-10,12,14H2,1-4H3,(H3,25,27,28,30);4-5,10,12H,3,6-9,11,13H2,1-2H3,(H3,23,25,26,29);3-4,9,11H,5-8,10,12H2,1-2H3,(H3,22,24,25,28);3*1H4. The lowest BCUT2D eigenvalue weighted by Gasteiger charge is -2.20. The number of methoxy groups -OCH3 is 1. The first-order valence-electron chi connectivity index (χ1n) is 44.4. The number of imidazole rings is 4. The van der Waals surface area contributed by atoms with Gasteiger partial charge in [-0.3, -0.25) is 76.6 Å². The van der Waals surface area contributed by atoms with Crippen LogP contribution < -0.4 is 49.9 Å². The molecule has 0 bridgehead atoms. The average molecular weight is 2300 g/mol. The third-order valence-electron chi connectivity index (χ3n) is 19.9. The fourth-order valence-corrected chi connectivity index (χ4v) is 20.9. The molecule has 45 nitrogen and oxygen atoms in total. The minimum Gasteiger partial charge on any atom is -0.494 e. The first kappa shape index (κ1) is 125. The van der Waals surface area contributed by atoms with Crippen LogP contribution >= 0.6 is 93.4 Å². The highest BCUT2D eigenvalue weighted by Gasteiger charge is 2.32. The zero-order chi connectivity index (χ0) is 106. The summed E-state index contributed by atoms with van der Waals surface area (Å²) < 4.78 is 174. The van der Waals surface area contributed by atoms with Gasteiger partial charge in [-0.05, 0) is 90.6 Å². The SMILES string of the molecule is C.C.C.CC(=O)SCCOP(=O)(COCCn1cnc2c(=O)[nH]c(N)nc21)OCc1ccc(C)c(F)c1.CCC(=O)SCCOP(=O)(COCCn1cnc2c(=O)[nH]c(N)nc21)OCc1ccc(C)c(F)c1.COc1ccc(COP(=O)(COCCn2cnc3c(=O)[nH]c(N)nc32)OCCSC(=O)C(C)(C)C)cc1F.Cc1ccc(C(=O)SCCOP(=O)(COCCn2cnc3c(=O)[nH]c(N)nc32)OCc2cccc(Br)c2)cc1. The first-order chi connectivity index (χ1) is 69.5. The number of rotatable bonds is 51. The number of thioether (sulfide) groups is 4. The van der Waals surface area contributed by atoms with Crippen molar-refractivity contribution in [2.24, 2.45) is 5.41 Å². The van der Waals surface area contributed by atoms with E-state index in [0.717, 1.165) is 62.6 Å². The quantitative estimate of drug-likeness (QED) is 0.0130. The highest BCUT2D eigenvalue weighted by atomic mass is 79.9. The molecule has 812 valence electrons. The molecule has 0 spiro atoms. The Labute approximate surface area is 880 Å². The Kier molecular flexibility index (Phi) is 50.8. The maximum absolute atomic E-state index is 14.1. The number of H-pyrrole nitrogens is 4. The van der Waals surface area contributed by atoms with Gasteiger partial charge in [-0.25, -0.2) is 33.1 Å². The summed E-state index contributed by atoms with van der Waals surface area (Å²) in [5.74, 6) is -0.289. The van der Waals surface area contributed by atoms with Crippen molar-refractivity contribution in [3.8, 4) is 5.75 Å². The number of nitrogen functional groups attached to an aromatic ring is 4. The number of hydrogen-bond acceptors (Lipinski definition) is 41. The number of aromatic nitrogens is 16. The Bertz CT molecular complexity index is 7120. The summed E-state index contributed by atoms with van der Waals surface area (Å²) in [6.45, 7) is 14.8. The van der Waals surface area contributed by atoms with Gasteiger partial charge in [0.15, 0.2) is 71.6 Å². The van der Waals surface area contributed by atoms with Gasteiger partial charge in [-0.1, -0.05) is 185 Å². The Morgan fingerprint density at radius 2 is 0.745 bits per heavy atom. The topological polar surface area (TPSA) is 615 Å². The van der Waals surface area contributed by atoms with Gasteiger partial charge >= 0.3 is 30.4 Å². The third-order valence-corrected chi connectivity index (χ3v) is 30.6. The second-order valence-corrected chi connectivity index (χ2v) is 45.8. The molecule has 0 radical (unpaired) electrons. The number of halogens is 4. The fraction of sp³-hybridized carbons (Fsp3) is 0.413. The Morgan fingerprint density at radius 3 is 1.06 bits per heavy atom. The predicted octanol–water partition coefficient (Wildman–Crippen LogP) is 16.3. The van der Waals surface area contributed by atoms with Crippen LogP contribution in [0, 0.1) is 43.6 Å². The van der Waals surface area contributed by atoms with E-state index in [1.165, 1.54) is 63.6 Å². The number of ether oxygens (including phenoxy) is 5. The van der Waals surface area contributed by atoms with E-state index in [-0.39, 0.29) is 230 Å². The lowest BCUT2D eigenvalue weighted by Crippen LogP contribution is -2.17. The van der Waals surface area contributed by atoms with Crippen molar-refractivity contribution in [1.82, 2.24) is 78.1 Å². The van der Waals surface area contributed by atoms with Crippen molar-refractivity contribution in [1.29, 1.82) is 0 Å².